The van der Waals surface area contributed by atoms with Crippen LogP contribution in [0.2, 0.25) is 0 Å². The number of aromatic amines is 1. The molecule has 44 heavy (non-hydrogen) atoms. The van der Waals surface area contributed by atoms with Gasteiger partial charge in [-0.1, -0.05) is 42.8 Å². The quantitative estimate of drug-likeness (QED) is 0.305. The number of nitrogens with one attached hydrogen (secondary N) is 3. The van der Waals surface area contributed by atoms with E-state index in [0.717, 1.165) is 42.1 Å². The smallest absolute Gasteiger partial charge is 0.289 e. The summed E-state index contributed by atoms with van der Waals surface area (Å²) in [6.45, 7) is 0.601. The second-order valence-corrected chi connectivity index (χ2v) is 12.2. The number of benzene rings is 2. The molecule has 0 radical (unpaired) electrons. The van der Waals surface area contributed by atoms with Crippen LogP contribution in [0.3, 0.4) is 0 Å². The second kappa shape index (κ2) is 12.6. The summed E-state index contributed by atoms with van der Waals surface area (Å²) in [6.07, 6.45) is 4.52. The number of rotatable bonds is 10. The Labute approximate surface area is 255 Å². The Morgan fingerprint density at radius 2 is 1.84 bits per heavy atom. The van der Waals surface area contributed by atoms with E-state index in [1.54, 1.807) is 18.1 Å². The zero-order valence-electron chi connectivity index (χ0n) is 24.8. The van der Waals surface area contributed by atoms with Gasteiger partial charge in [0.1, 0.15) is 23.3 Å². The molecule has 3 amide bonds. The average Bonchev–Trinajstić information content (AvgIpc) is 3.83. The van der Waals surface area contributed by atoms with E-state index in [1.165, 1.54) is 0 Å². The Morgan fingerprint density at radius 1 is 1.02 bits per heavy atom. The number of aromatic nitrogens is 1. The minimum atomic E-state index is -1.17. The molecule has 0 bridgehead atoms. The number of ketones is 2. The molecule has 2 heterocycles. The number of hydrogen-bond donors (Lipinski definition) is 3. The van der Waals surface area contributed by atoms with Gasteiger partial charge in [-0.15, -0.1) is 0 Å². The van der Waals surface area contributed by atoms with Gasteiger partial charge in [-0.05, 0) is 67.7 Å². The number of H-pyrrole nitrogens is 1. The van der Waals surface area contributed by atoms with Crippen LogP contribution in [-0.2, 0) is 25.7 Å². The van der Waals surface area contributed by atoms with Crippen molar-refractivity contribution in [2.24, 2.45) is 17.8 Å². The van der Waals surface area contributed by atoms with Crippen LogP contribution in [0.4, 0.5) is 0 Å². The van der Waals surface area contributed by atoms with E-state index in [1.807, 2.05) is 48.5 Å². The third-order valence-electron chi connectivity index (χ3n) is 9.60. The predicted octanol–water partition coefficient (Wildman–Crippen LogP) is 3.55. The van der Waals surface area contributed by atoms with Crippen molar-refractivity contribution in [2.45, 2.75) is 63.6 Å². The molecule has 2 saturated carbocycles. The number of Topliss-reactive ketones (excluding diaryl/α,β-unsaturated/α-hetero) is 2. The lowest BCUT2D eigenvalue weighted by atomic mass is 9.91. The van der Waals surface area contributed by atoms with E-state index in [4.69, 9.17) is 4.74 Å². The van der Waals surface area contributed by atoms with Crippen molar-refractivity contribution in [3.8, 4) is 5.75 Å². The fourth-order valence-corrected chi connectivity index (χ4v) is 7.36. The first-order chi connectivity index (χ1) is 21.3. The molecule has 3 aromatic rings. The summed E-state index contributed by atoms with van der Waals surface area (Å²) in [7, 11) is 1.57. The van der Waals surface area contributed by atoms with Gasteiger partial charge in [-0.25, -0.2) is 0 Å². The summed E-state index contributed by atoms with van der Waals surface area (Å²) in [5.74, 6) is -1.93. The van der Waals surface area contributed by atoms with Crippen molar-refractivity contribution in [3.63, 3.8) is 0 Å². The standard InChI is InChI=1S/C34H38N4O6/c1-44-29-15-7-13-25-24(29)17-27(36-25)34(43)38-19-22-11-5-12-23(22)30(38)32(41)37-26(16-21-10-6-14-28(21)39)31(40)33(42)35-18-20-8-3-2-4-9-20/h2-4,7-9,13,15,17,21-23,26,30,36H,5-6,10-12,14,16,18-19H2,1H3,(H,35,42)(H,37,41). The van der Waals surface area contributed by atoms with E-state index in [9.17, 15) is 24.0 Å². The van der Waals surface area contributed by atoms with E-state index < -0.39 is 35.6 Å². The molecular weight excluding hydrogens is 560 g/mol. The number of amides is 3. The number of fused-ring (bicyclic) bond motifs is 2. The number of ether oxygens (including phenoxy) is 1. The van der Waals surface area contributed by atoms with Crippen LogP contribution in [-0.4, -0.2) is 64.9 Å². The first-order valence-electron chi connectivity index (χ1n) is 15.5. The Balaban J connectivity index is 1.23. The van der Waals surface area contributed by atoms with Crippen LogP contribution < -0.4 is 15.4 Å². The lowest BCUT2D eigenvalue weighted by Crippen LogP contribution is -2.55. The highest BCUT2D eigenvalue weighted by Crippen LogP contribution is 2.43. The molecule has 2 aromatic carbocycles. The van der Waals surface area contributed by atoms with Crippen LogP contribution in [0.25, 0.3) is 10.9 Å². The molecule has 5 atom stereocenters. The highest BCUT2D eigenvalue weighted by atomic mass is 16.5. The van der Waals surface area contributed by atoms with Gasteiger partial charge in [0.2, 0.25) is 11.7 Å². The number of methoxy groups -OCH3 is 1. The highest BCUT2D eigenvalue weighted by molar-refractivity contribution is 6.38. The van der Waals surface area contributed by atoms with Crippen molar-refractivity contribution in [1.82, 2.24) is 20.5 Å². The van der Waals surface area contributed by atoms with Crippen LogP contribution in [0.15, 0.2) is 54.6 Å². The van der Waals surface area contributed by atoms with Gasteiger partial charge in [-0.2, -0.15) is 0 Å². The van der Waals surface area contributed by atoms with Crippen molar-refractivity contribution >= 4 is 40.2 Å². The average molecular weight is 599 g/mol. The first-order valence-corrected chi connectivity index (χ1v) is 15.5. The number of likely N-dealkylation sites (tertiary alicyclic amines) is 1. The molecule has 3 N–H and O–H groups in total. The van der Waals surface area contributed by atoms with Crippen LogP contribution >= 0.6 is 0 Å². The minimum absolute atomic E-state index is 0.0458. The third kappa shape index (κ3) is 5.85. The van der Waals surface area contributed by atoms with Gasteiger partial charge < -0.3 is 25.3 Å². The number of carbonyl (C=O) groups is 5. The van der Waals surface area contributed by atoms with Crippen molar-refractivity contribution < 1.29 is 28.7 Å². The molecule has 10 heteroatoms. The molecule has 1 aliphatic heterocycles. The Hall–Kier alpha value is -4.47. The Kier molecular flexibility index (Phi) is 8.50. The maximum Gasteiger partial charge on any atom is 0.289 e. The van der Waals surface area contributed by atoms with Crippen LogP contribution in [0, 0.1) is 17.8 Å². The van der Waals surface area contributed by atoms with Crippen LogP contribution in [0.5, 0.6) is 5.75 Å². The Bertz CT molecular complexity index is 1580. The largest absolute Gasteiger partial charge is 0.496 e. The molecule has 3 fully saturated rings. The van der Waals surface area contributed by atoms with Crippen molar-refractivity contribution in [2.75, 3.05) is 13.7 Å². The molecule has 10 nitrogen and oxygen atoms in total. The van der Waals surface area contributed by atoms with Gasteiger partial charge >= 0.3 is 0 Å². The molecule has 1 saturated heterocycles. The summed E-state index contributed by atoms with van der Waals surface area (Å²) in [5, 5.41) is 6.29. The summed E-state index contributed by atoms with van der Waals surface area (Å²) in [4.78, 5) is 71.8. The Morgan fingerprint density at radius 3 is 2.59 bits per heavy atom. The summed E-state index contributed by atoms with van der Waals surface area (Å²) in [5.41, 5.74) is 1.94. The lowest BCUT2D eigenvalue weighted by Gasteiger charge is -2.29. The van der Waals surface area contributed by atoms with Gasteiger partial charge in [0.15, 0.2) is 0 Å². The zero-order valence-corrected chi connectivity index (χ0v) is 24.8. The molecule has 5 unspecified atom stereocenters. The molecule has 1 aromatic heterocycles. The van der Waals surface area contributed by atoms with Gasteiger partial charge in [-0.3, -0.25) is 24.0 Å². The monoisotopic (exact) mass is 598 g/mol. The third-order valence-corrected chi connectivity index (χ3v) is 9.60. The van der Waals surface area contributed by atoms with Crippen molar-refractivity contribution in [1.29, 1.82) is 0 Å². The molecule has 230 valence electrons. The van der Waals surface area contributed by atoms with E-state index >= 15 is 0 Å². The second-order valence-electron chi connectivity index (χ2n) is 12.2. The molecule has 6 rings (SSSR count). The normalized spacial score (nSPS) is 23.4. The van der Waals surface area contributed by atoms with Crippen molar-refractivity contribution in [3.05, 3.63) is 65.9 Å². The van der Waals surface area contributed by atoms with E-state index in [2.05, 4.69) is 15.6 Å². The summed E-state index contributed by atoms with van der Waals surface area (Å²) < 4.78 is 5.46. The maximum atomic E-state index is 14.1. The van der Waals surface area contributed by atoms with Crippen LogP contribution in [0.1, 0.15) is 61.0 Å². The molecular formula is C34H38N4O6. The molecule has 0 spiro atoms. The summed E-state index contributed by atoms with van der Waals surface area (Å²) >= 11 is 0. The van der Waals surface area contributed by atoms with Gasteiger partial charge in [0.25, 0.3) is 11.8 Å². The molecule has 2 aliphatic carbocycles. The predicted molar refractivity (Wildman–Crippen MR) is 163 cm³/mol. The summed E-state index contributed by atoms with van der Waals surface area (Å²) in [6, 6.07) is 14.5. The SMILES string of the molecule is COc1cccc2[nH]c(C(=O)N3CC4CCCC4C3C(=O)NC(CC3CCCC3=O)C(=O)C(=O)NCc3ccccc3)cc12. The number of nitrogens with zero attached hydrogens (tertiary/aromatic N) is 1. The fraction of sp³-hybridized carbons (Fsp3) is 0.441. The zero-order chi connectivity index (χ0) is 30.8. The minimum Gasteiger partial charge on any atom is -0.496 e. The van der Waals surface area contributed by atoms with E-state index in [-0.39, 0.29) is 36.5 Å². The van der Waals surface area contributed by atoms with Gasteiger partial charge in [0.05, 0.1) is 13.2 Å². The maximum absolute atomic E-state index is 14.1. The lowest BCUT2D eigenvalue weighted by molar-refractivity contribution is -0.141. The topological polar surface area (TPSA) is 138 Å². The fourth-order valence-electron chi connectivity index (χ4n) is 7.36. The highest BCUT2D eigenvalue weighted by Gasteiger charge is 2.50. The first kappa shape index (κ1) is 29.6. The molecule has 3 aliphatic rings. The number of carbonyl (C=O) groups excluding carboxylic acids is 5. The van der Waals surface area contributed by atoms with Gasteiger partial charge in [0, 0.05) is 36.3 Å². The number of hydrogen-bond acceptors (Lipinski definition) is 6. The van der Waals surface area contributed by atoms with E-state index in [0.29, 0.717) is 30.8 Å².